The largest absolute Gasteiger partial charge is 0.481 e. The maximum Gasteiger partial charge on any atom is 0.303 e. The fourth-order valence-electron chi connectivity index (χ4n) is 4.30. The average Bonchev–Trinajstić information content (AvgIpc) is 3.24. The van der Waals surface area contributed by atoms with Crippen LogP contribution in [0.1, 0.15) is 78.6 Å². The highest BCUT2D eigenvalue weighted by Crippen LogP contribution is 2.54. The standard InChI is InChI=1S/C23H38O3S/c1-4-5-10-17(2)18(3)15-26-16-20-19(21-13-14-22(20)27-21)11-8-6-7-9-12-23(24)25/h6,8,19-22H,4-5,7,9-16H2,1-3H3,(H,24,25)/t19-,20+,21-,22+/m1/s1. The summed E-state index contributed by atoms with van der Waals surface area (Å²) in [6.07, 6.45) is 13.9. The quantitative estimate of drug-likeness (QED) is 0.297. The molecule has 0 saturated carbocycles. The Morgan fingerprint density at radius 3 is 2.52 bits per heavy atom. The Bertz CT molecular complexity index is 526. The van der Waals surface area contributed by atoms with Gasteiger partial charge in [0.15, 0.2) is 0 Å². The predicted octanol–water partition coefficient (Wildman–Crippen LogP) is 6.24. The summed E-state index contributed by atoms with van der Waals surface area (Å²) >= 11 is 2.19. The van der Waals surface area contributed by atoms with Gasteiger partial charge in [0, 0.05) is 16.9 Å². The molecule has 2 heterocycles. The molecule has 27 heavy (non-hydrogen) atoms. The van der Waals surface area contributed by atoms with E-state index in [-0.39, 0.29) is 6.42 Å². The van der Waals surface area contributed by atoms with Crippen molar-refractivity contribution >= 4 is 17.7 Å². The van der Waals surface area contributed by atoms with Gasteiger partial charge in [-0.3, -0.25) is 4.79 Å². The first-order chi connectivity index (χ1) is 13.0. The Balaban J connectivity index is 1.75. The summed E-state index contributed by atoms with van der Waals surface area (Å²) in [5.74, 6) is 0.718. The highest BCUT2D eigenvalue weighted by atomic mass is 32.2. The van der Waals surface area contributed by atoms with Crippen LogP contribution < -0.4 is 0 Å². The molecule has 0 aromatic heterocycles. The van der Waals surface area contributed by atoms with Gasteiger partial charge in [-0.2, -0.15) is 11.8 Å². The Kier molecular flexibility index (Phi) is 9.99. The van der Waals surface area contributed by atoms with Crippen LogP contribution in [-0.4, -0.2) is 34.8 Å². The molecule has 2 bridgehead atoms. The van der Waals surface area contributed by atoms with Crippen LogP contribution in [0, 0.1) is 11.8 Å². The van der Waals surface area contributed by atoms with Crippen LogP contribution in [0.5, 0.6) is 0 Å². The number of hydrogen-bond donors (Lipinski definition) is 1. The number of rotatable bonds is 13. The number of carboxylic acids is 1. The van der Waals surface area contributed by atoms with E-state index >= 15 is 0 Å². The van der Waals surface area contributed by atoms with Gasteiger partial charge in [-0.15, -0.1) is 0 Å². The zero-order valence-electron chi connectivity index (χ0n) is 17.4. The Labute approximate surface area is 170 Å². The van der Waals surface area contributed by atoms with Crippen molar-refractivity contribution in [3.63, 3.8) is 0 Å². The summed E-state index contributed by atoms with van der Waals surface area (Å²) in [7, 11) is 0. The number of allylic oxidation sites excluding steroid dienone is 3. The van der Waals surface area contributed by atoms with Crippen LogP contribution in [0.4, 0.5) is 0 Å². The first-order valence-electron chi connectivity index (χ1n) is 10.8. The molecule has 2 aliphatic rings. The molecule has 2 rings (SSSR count). The van der Waals surface area contributed by atoms with Crippen molar-refractivity contribution in [3.05, 3.63) is 23.3 Å². The summed E-state index contributed by atoms with van der Waals surface area (Å²) in [6, 6.07) is 0. The fraction of sp³-hybridized carbons (Fsp3) is 0.783. The molecule has 0 aromatic carbocycles. The third-order valence-electron chi connectivity index (χ3n) is 6.19. The summed E-state index contributed by atoms with van der Waals surface area (Å²) in [6.45, 7) is 8.39. The number of aliphatic carboxylic acids is 1. The van der Waals surface area contributed by atoms with Crippen LogP contribution in [0.25, 0.3) is 0 Å². The zero-order chi connectivity index (χ0) is 19.6. The van der Waals surface area contributed by atoms with Gasteiger partial charge in [-0.05, 0) is 76.2 Å². The highest BCUT2D eigenvalue weighted by molar-refractivity contribution is 8.01. The molecule has 4 heteroatoms. The second-order valence-corrected chi connectivity index (χ2v) is 9.77. The topological polar surface area (TPSA) is 46.5 Å². The van der Waals surface area contributed by atoms with Crippen molar-refractivity contribution in [2.45, 2.75) is 89.1 Å². The van der Waals surface area contributed by atoms with Crippen molar-refractivity contribution in [1.82, 2.24) is 0 Å². The van der Waals surface area contributed by atoms with E-state index < -0.39 is 5.97 Å². The minimum absolute atomic E-state index is 0.273. The van der Waals surface area contributed by atoms with Crippen molar-refractivity contribution in [1.29, 1.82) is 0 Å². The maximum absolute atomic E-state index is 10.6. The minimum Gasteiger partial charge on any atom is -0.481 e. The van der Waals surface area contributed by atoms with Crippen LogP contribution in [-0.2, 0) is 9.53 Å². The molecule has 2 fully saturated rings. The average molecular weight is 395 g/mol. The molecule has 0 aliphatic carbocycles. The van der Waals surface area contributed by atoms with E-state index in [0.717, 1.165) is 48.9 Å². The molecule has 0 aromatic rings. The monoisotopic (exact) mass is 394 g/mol. The lowest BCUT2D eigenvalue weighted by molar-refractivity contribution is -0.137. The van der Waals surface area contributed by atoms with Gasteiger partial charge in [0.1, 0.15) is 0 Å². The predicted molar refractivity (Wildman–Crippen MR) is 115 cm³/mol. The lowest BCUT2D eigenvalue weighted by Gasteiger charge is -2.29. The summed E-state index contributed by atoms with van der Waals surface area (Å²) in [4.78, 5) is 10.6. The molecular formula is C23H38O3S. The minimum atomic E-state index is -0.695. The highest BCUT2D eigenvalue weighted by Gasteiger charge is 2.47. The van der Waals surface area contributed by atoms with E-state index in [1.807, 2.05) is 0 Å². The molecule has 3 nitrogen and oxygen atoms in total. The number of fused-ring (bicyclic) bond motifs is 2. The summed E-state index contributed by atoms with van der Waals surface area (Å²) in [5, 5.41) is 10.3. The molecular weight excluding hydrogens is 356 g/mol. The molecule has 1 N–H and O–H groups in total. The van der Waals surface area contributed by atoms with Gasteiger partial charge in [-0.25, -0.2) is 0 Å². The Morgan fingerprint density at radius 1 is 1.07 bits per heavy atom. The number of carbonyl (C=O) groups is 1. The second-order valence-electron chi connectivity index (χ2n) is 8.29. The lowest BCUT2D eigenvalue weighted by atomic mass is 9.78. The second kappa shape index (κ2) is 12.0. The van der Waals surface area contributed by atoms with Gasteiger partial charge in [0.2, 0.25) is 0 Å². The molecule has 0 amide bonds. The van der Waals surface area contributed by atoms with Gasteiger partial charge in [0.25, 0.3) is 0 Å². The maximum atomic E-state index is 10.6. The van der Waals surface area contributed by atoms with Crippen molar-refractivity contribution < 1.29 is 14.6 Å². The SMILES string of the molecule is CCCCC(C)=C(C)COC[C@H]1[C@@H](CC=CCCCC(=O)O)[C@H]2CC[C@@H]1S2. The van der Waals surface area contributed by atoms with Crippen LogP contribution in [0.3, 0.4) is 0 Å². The normalized spacial score (nSPS) is 28.1. The van der Waals surface area contributed by atoms with Crippen LogP contribution in [0.2, 0.25) is 0 Å². The van der Waals surface area contributed by atoms with E-state index in [9.17, 15) is 4.79 Å². The van der Waals surface area contributed by atoms with E-state index in [2.05, 4.69) is 44.7 Å². The number of unbranched alkanes of at least 4 members (excludes halogenated alkanes) is 2. The van der Waals surface area contributed by atoms with E-state index in [4.69, 9.17) is 9.84 Å². The van der Waals surface area contributed by atoms with Crippen LogP contribution in [0.15, 0.2) is 23.3 Å². The number of ether oxygens (including phenoxy) is 1. The molecule has 4 atom stereocenters. The summed E-state index contributed by atoms with van der Waals surface area (Å²) in [5.41, 5.74) is 2.91. The van der Waals surface area contributed by atoms with Crippen molar-refractivity contribution in [2.24, 2.45) is 11.8 Å². The zero-order valence-corrected chi connectivity index (χ0v) is 18.2. The molecule has 0 radical (unpaired) electrons. The molecule has 154 valence electrons. The molecule has 2 saturated heterocycles. The third-order valence-corrected chi connectivity index (χ3v) is 8.06. The Morgan fingerprint density at radius 2 is 1.81 bits per heavy atom. The fourth-order valence-corrected chi connectivity index (χ4v) is 6.29. The lowest BCUT2D eigenvalue weighted by Crippen LogP contribution is -2.30. The van der Waals surface area contributed by atoms with Crippen LogP contribution >= 0.6 is 11.8 Å². The first kappa shape index (κ1) is 22.5. The van der Waals surface area contributed by atoms with Gasteiger partial charge < -0.3 is 9.84 Å². The first-order valence-corrected chi connectivity index (χ1v) is 11.7. The smallest absolute Gasteiger partial charge is 0.303 e. The van der Waals surface area contributed by atoms with Crippen molar-refractivity contribution in [2.75, 3.05) is 13.2 Å². The number of thioether (sulfide) groups is 1. The van der Waals surface area contributed by atoms with E-state index in [1.165, 1.54) is 43.3 Å². The molecule has 0 unspecified atom stereocenters. The van der Waals surface area contributed by atoms with Gasteiger partial charge in [-0.1, -0.05) is 31.1 Å². The third kappa shape index (κ3) is 7.30. The van der Waals surface area contributed by atoms with E-state index in [1.54, 1.807) is 0 Å². The van der Waals surface area contributed by atoms with Gasteiger partial charge in [0.05, 0.1) is 13.2 Å². The van der Waals surface area contributed by atoms with E-state index in [0.29, 0.717) is 5.92 Å². The van der Waals surface area contributed by atoms with Crippen molar-refractivity contribution in [3.8, 4) is 0 Å². The van der Waals surface area contributed by atoms with Gasteiger partial charge >= 0.3 is 5.97 Å². The number of carboxylic acid groups (broad SMARTS) is 1. The Hall–Kier alpha value is -0.740. The summed E-state index contributed by atoms with van der Waals surface area (Å²) < 4.78 is 6.17. The molecule has 2 aliphatic heterocycles. The number of hydrogen-bond acceptors (Lipinski definition) is 3. The molecule has 0 spiro atoms.